The van der Waals surface area contributed by atoms with Gasteiger partial charge in [-0.05, 0) is 76.5 Å². The highest BCUT2D eigenvalue weighted by molar-refractivity contribution is 5.15. The summed E-state index contributed by atoms with van der Waals surface area (Å²) in [5, 5.41) is 0. The van der Waals surface area contributed by atoms with Crippen LogP contribution in [-0.2, 0) is 0 Å². The van der Waals surface area contributed by atoms with Gasteiger partial charge in [-0.1, -0.05) is 12.5 Å². The summed E-state index contributed by atoms with van der Waals surface area (Å²) < 4.78 is 0. The van der Waals surface area contributed by atoms with Gasteiger partial charge in [-0.2, -0.15) is 0 Å². The molecule has 2 saturated heterocycles. The fourth-order valence-corrected chi connectivity index (χ4v) is 3.72. The van der Waals surface area contributed by atoms with Crippen LogP contribution in [0.4, 0.5) is 0 Å². The lowest BCUT2D eigenvalue weighted by atomic mass is 10.1. The molecule has 0 radical (unpaired) electrons. The van der Waals surface area contributed by atoms with Crippen molar-refractivity contribution in [2.24, 2.45) is 0 Å². The van der Waals surface area contributed by atoms with E-state index in [-0.39, 0.29) is 0 Å². The molecule has 2 fully saturated rings. The average molecular weight is 273 g/mol. The molecule has 0 amide bonds. The van der Waals surface area contributed by atoms with E-state index < -0.39 is 0 Å². The van der Waals surface area contributed by atoms with Gasteiger partial charge in [-0.15, -0.1) is 0 Å². The van der Waals surface area contributed by atoms with E-state index in [9.17, 15) is 0 Å². The summed E-state index contributed by atoms with van der Waals surface area (Å²) in [6.07, 6.45) is 12.1. The highest BCUT2D eigenvalue weighted by atomic mass is 15.2. The first-order valence-corrected chi connectivity index (χ1v) is 8.30. The van der Waals surface area contributed by atoms with Crippen molar-refractivity contribution < 1.29 is 0 Å². The Balaban J connectivity index is 1.46. The van der Waals surface area contributed by atoms with Gasteiger partial charge in [0.15, 0.2) is 0 Å². The first kappa shape index (κ1) is 14.0. The van der Waals surface area contributed by atoms with E-state index in [0.29, 0.717) is 6.04 Å². The van der Waals surface area contributed by atoms with E-state index in [0.717, 1.165) is 0 Å². The molecule has 2 aliphatic rings. The third-order valence-electron chi connectivity index (χ3n) is 4.80. The summed E-state index contributed by atoms with van der Waals surface area (Å²) in [5.41, 5.74) is 1.41. The van der Waals surface area contributed by atoms with Crippen LogP contribution in [0.2, 0.25) is 0 Å². The standard InChI is InChI=1S/C17H27N3/c1-2-10-19(11-3-1)12-6-14-20-13-5-8-17(20)16-7-4-9-18-15-16/h4,7,9,15,17H,1-3,5-6,8,10-14H2/t17-/m1/s1. The quantitative estimate of drug-likeness (QED) is 0.822. The molecular formula is C17H27N3. The molecule has 3 nitrogen and oxygen atoms in total. The molecule has 20 heavy (non-hydrogen) atoms. The second-order valence-corrected chi connectivity index (χ2v) is 6.24. The Labute approximate surface area is 123 Å². The van der Waals surface area contributed by atoms with Crippen molar-refractivity contribution in [3.8, 4) is 0 Å². The Kier molecular flexibility index (Phi) is 5.04. The summed E-state index contributed by atoms with van der Waals surface area (Å²) in [4.78, 5) is 9.60. The van der Waals surface area contributed by atoms with Crippen LogP contribution in [0.25, 0.3) is 0 Å². The van der Waals surface area contributed by atoms with E-state index in [4.69, 9.17) is 0 Å². The van der Waals surface area contributed by atoms with Gasteiger partial charge < -0.3 is 4.90 Å². The topological polar surface area (TPSA) is 19.4 Å². The minimum atomic E-state index is 0.616. The number of pyridine rings is 1. The summed E-state index contributed by atoms with van der Waals surface area (Å²) >= 11 is 0. The lowest BCUT2D eigenvalue weighted by Crippen LogP contribution is -2.33. The molecule has 0 aliphatic carbocycles. The van der Waals surface area contributed by atoms with Crippen molar-refractivity contribution in [1.82, 2.24) is 14.8 Å². The Morgan fingerprint density at radius 1 is 1.05 bits per heavy atom. The molecular weight excluding hydrogens is 246 g/mol. The minimum Gasteiger partial charge on any atom is -0.303 e. The third-order valence-corrected chi connectivity index (χ3v) is 4.80. The zero-order valence-corrected chi connectivity index (χ0v) is 12.5. The first-order valence-electron chi connectivity index (χ1n) is 8.30. The van der Waals surface area contributed by atoms with Crippen LogP contribution in [0.3, 0.4) is 0 Å². The number of piperidine rings is 1. The second kappa shape index (κ2) is 7.19. The predicted octanol–water partition coefficient (Wildman–Crippen LogP) is 3.09. The van der Waals surface area contributed by atoms with Gasteiger partial charge in [0.25, 0.3) is 0 Å². The largest absolute Gasteiger partial charge is 0.303 e. The Morgan fingerprint density at radius 2 is 1.95 bits per heavy atom. The van der Waals surface area contributed by atoms with Gasteiger partial charge in [-0.25, -0.2) is 0 Å². The van der Waals surface area contributed by atoms with Crippen LogP contribution >= 0.6 is 0 Å². The van der Waals surface area contributed by atoms with Crippen LogP contribution in [0.15, 0.2) is 24.5 Å². The molecule has 3 rings (SSSR count). The van der Waals surface area contributed by atoms with Gasteiger partial charge in [0, 0.05) is 18.4 Å². The summed E-state index contributed by atoms with van der Waals surface area (Å²) in [7, 11) is 0. The molecule has 0 bridgehead atoms. The van der Waals surface area contributed by atoms with Crippen molar-refractivity contribution in [2.45, 2.75) is 44.6 Å². The van der Waals surface area contributed by atoms with Gasteiger partial charge in [-0.3, -0.25) is 9.88 Å². The molecule has 1 aromatic heterocycles. The average Bonchev–Trinajstić information content (AvgIpc) is 2.98. The monoisotopic (exact) mass is 273 g/mol. The predicted molar refractivity (Wildman–Crippen MR) is 82.7 cm³/mol. The van der Waals surface area contributed by atoms with Crippen molar-refractivity contribution in [1.29, 1.82) is 0 Å². The highest BCUT2D eigenvalue weighted by Crippen LogP contribution is 2.31. The van der Waals surface area contributed by atoms with Gasteiger partial charge in [0.2, 0.25) is 0 Å². The Morgan fingerprint density at radius 3 is 2.75 bits per heavy atom. The summed E-state index contributed by atoms with van der Waals surface area (Å²) in [6, 6.07) is 4.92. The van der Waals surface area contributed by atoms with Crippen molar-refractivity contribution in [3.63, 3.8) is 0 Å². The third kappa shape index (κ3) is 3.58. The van der Waals surface area contributed by atoms with Crippen molar-refractivity contribution >= 4 is 0 Å². The zero-order valence-electron chi connectivity index (χ0n) is 12.5. The summed E-state index contributed by atoms with van der Waals surface area (Å²) in [5.74, 6) is 0. The van der Waals surface area contributed by atoms with Gasteiger partial charge >= 0.3 is 0 Å². The number of rotatable bonds is 5. The van der Waals surface area contributed by atoms with Gasteiger partial charge in [0.1, 0.15) is 0 Å². The van der Waals surface area contributed by atoms with E-state index in [1.54, 1.807) is 0 Å². The smallest absolute Gasteiger partial charge is 0.0363 e. The number of likely N-dealkylation sites (tertiary alicyclic amines) is 2. The molecule has 1 aromatic rings. The van der Waals surface area contributed by atoms with E-state index in [1.165, 1.54) is 76.8 Å². The molecule has 0 unspecified atom stereocenters. The maximum atomic E-state index is 4.28. The van der Waals surface area contributed by atoms with Crippen molar-refractivity contribution in [3.05, 3.63) is 30.1 Å². The number of nitrogens with zero attached hydrogens (tertiary/aromatic N) is 3. The molecule has 0 spiro atoms. The lowest BCUT2D eigenvalue weighted by Gasteiger charge is -2.29. The molecule has 110 valence electrons. The molecule has 0 N–H and O–H groups in total. The van der Waals surface area contributed by atoms with Crippen LogP contribution < -0.4 is 0 Å². The van der Waals surface area contributed by atoms with E-state index >= 15 is 0 Å². The van der Waals surface area contributed by atoms with E-state index in [1.807, 2.05) is 12.4 Å². The normalized spacial score (nSPS) is 25.1. The SMILES string of the molecule is c1cncc([C@H]2CCCN2CCCN2CCCCC2)c1. The Bertz CT molecular complexity index is 386. The van der Waals surface area contributed by atoms with Crippen LogP contribution in [-0.4, -0.2) is 47.5 Å². The second-order valence-electron chi connectivity index (χ2n) is 6.24. The van der Waals surface area contributed by atoms with Crippen LogP contribution in [0.5, 0.6) is 0 Å². The van der Waals surface area contributed by atoms with Gasteiger partial charge in [0.05, 0.1) is 0 Å². The summed E-state index contributed by atoms with van der Waals surface area (Å²) in [6.45, 7) is 6.45. The molecule has 3 heterocycles. The van der Waals surface area contributed by atoms with Crippen LogP contribution in [0.1, 0.15) is 50.1 Å². The fraction of sp³-hybridized carbons (Fsp3) is 0.706. The van der Waals surface area contributed by atoms with Crippen LogP contribution in [0, 0.1) is 0 Å². The maximum Gasteiger partial charge on any atom is 0.0363 e. The molecule has 3 heteroatoms. The molecule has 2 aliphatic heterocycles. The Hall–Kier alpha value is -0.930. The van der Waals surface area contributed by atoms with Crippen molar-refractivity contribution in [2.75, 3.05) is 32.7 Å². The number of hydrogen-bond donors (Lipinski definition) is 0. The molecule has 1 atom stereocenters. The maximum absolute atomic E-state index is 4.28. The van der Waals surface area contributed by atoms with E-state index in [2.05, 4.69) is 26.9 Å². The minimum absolute atomic E-state index is 0.616. The number of aromatic nitrogens is 1. The molecule has 0 saturated carbocycles. The fourth-order valence-electron chi connectivity index (χ4n) is 3.72. The number of hydrogen-bond acceptors (Lipinski definition) is 3. The lowest BCUT2D eigenvalue weighted by molar-refractivity contribution is 0.196. The zero-order chi connectivity index (χ0) is 13.6. The first-order chi connectivity index (χ1) is 9.93. The molecule has 0 aromatic carbocycles. The highest BCUT2D eigenvalue weighted by Gasteiger charge is 2.25.